The molecule has 3 aromatic rings. The molecular weight excluding hydrogens is 491 g/mol. The highest BCUT2D eigenvalue weighted by Gasteiger charge is 2.30. The van der Waals surface area contributed by atoms with E-state index in [0.717, 1.165) is 43.9 Å². The molecule has 0 saturated heterocycles. The molecule has 2 heterocycles. The largest absolute Gasteiger partial charge is 0.478 e. The zero-order chi connectivity index (χ0) is 26.2. The van der Waals surface area contributed by atoms with Crippen molar-refractivity contribution in [1.82, 2.24) is 4.98 Å². The van der Waals surface area contributed by atoms with Crippen LogP contribution in [-0.4, -0.2) is 33.4 Å². The molecule has 0 radical (unpaired) electrons. The zero-order valence-corrected chi connectivity index (χ0v) is 21.8. The summed E-state index contributed by atoms with van der Waals surface area (Å²) in [6, 6.07) is 8.60. The summed E-state index contributed by atoms with van der Waals surface area (Å²) in [7, 11) is -2.06. The van der Waals surface area contributed by atoms with Gasteiger partial charge >= 0.3 is 20.4 Å². The van der Waals surface area contributed by atoms with Gasteiger partial charge in [-0.2, -0.15) is 13.2 Å². The number of alkyl halides is 3. The standard InChI is InChI=1S/C26H32F3NO5Si/c1-4-33-36(3,34-5-2)15-9-7-6-8-14-32-24-17-20-16-22(25(31)35-23(20)18-30-24)19-10-12-21(13-11-19)26(27,28)29/h10-13,16-18H,4-9,14-15H2,1-3H3. The molecule has 2 aromatic heterocycles. The third-order valence-corrected chi connectivity index (χ3v) is 8.85. The van der Waals surface area contributed by atoms with Crippen molar-refractivity contribution in [3.05, 3.63) is 58.6 Å². The van der Waals surface area contributed by atoms with Crippen LogP contribution in [0.1, 0.15) is 45.1 Å². The molecule has 6 nitrogen and oxygen atoms in total. The first-order valence-electron chi connectivity index (χ1n) is 12.2. The lowest BCUT2D eigenvalue weighted by Gasteiger charge is -2.25. The van der Waals surface area contributed by atoms with Crippen molar-refractivity contribution in [1.29, 1.82) is 0 Å². The van der Waals surface area contributed by atoms with Crippen LogP contribution < -0.4 is 10.4 Å². The van der Waals surface area contributed by atoms with E-state index in [1.807, 2.05) is 13.8 Å². The van der Waals surface area contributed by atoms with E-state index in [4.69, 9.17) is 18.0 Å². The monoisotopic (exact) mass is 523 g/mol. The predicted octanol–water partition coefficient (Wildman–Crippen LogP) is 6.96. The van der Waals surface area contributed by atoms with Crippen molar-refractivity contribution in [2.24, 2.45) is 0 Å². The Kier molecular flexibility index (Phi) is 9.69. The van der Waals surface area contributed by atoms with Crippen LogP contribution in [0.15, 0.2) is 51.8 Å². The van der Waals surface area contributed by atoms with E-state index < -0.39 is 25.9 Å². The van der Waals surface area contributed by atoms with Crippen molar-refractivity contribution in [3.63, 3.8) is 0 Å². The number of halogens is 3. The van der Waals surface area contributed by atoms with Gasteiger partial charge in [0.05, 0.1) is 23.9 Å². The summed E-state index contributed by atoms with van der Waals surface area (Å²) < 4.78 is 61.3. The summed E-state index contributed by atoms with van der Waals surface area (Å²) >= 11 is 0. The zero-order valence-electron chi connectivity index (χ0n) is 20.8. The van der Waals surface area contributed by atoms with E-state index >= 15 is 0 Å². The lowest BCUT2D eigenvalue weighted by atomic mass is 10.0. The number of hydrogen-bond acceptors (Lipinski definition) is 6. The number of rotatable bonds is 13. The fourth-order valence-electron chi connectivity index (χ4n) is 4.00. The molecule has 0 atom stereocenters. The van der Waals surface area contributed by atoms with Crippen LogP contribution in [0.2, 0.25) is 12.6 Å². The molecule has 1 aromatic carbocycles. The molecule has 0 N–H and O–H groups in total. The molecule has 0 amide bonds. The van der Waals surface area contributed by atoms with Crippen LogP contribution in [0.3, 0.4) is 0 Å². The average Bonchev–Trinajstić information content (AvgIpc) is 2.83. The summed E-state index contributed by atoms with van der Waals surface area (Å²) in [6.07, 6.45) is 0.933. The van der Waals surface area contributed by atoms with E-state index in [2.05, 4.69) is 11.5 Å². The van der Waals surface area contributed by atoms with Crippen LogP contribution in [0.5, 0.6) is 5.88 Å². The number of hydrogen-bond donors (Lipinski definition) is 0. The first-order valence-corrected chi connectivity index (χ1v) is 14.7. The SMILES string of the molecule is CCO[Si](C)(CCCCCCOc1cc2cc(-c3ccc(C(F)(F)F)cc3)c(=O)oc2cn1)OCC. The molecule has 0 aliphatic heterocycles. The maximum absolute atomic E-state index is 12.8. The van der Waals surface area contributed by atoms with Crippen LogP contribution in [-0.2, 0) is 15.0 Å². The van der Waals surface area contributed by atoms with Crippen molar-refractivity contribution < 1.29 is 31.2 Å². The van der Waals surface area contributed by atoms with Gasteiger partial charge in [-0.3, -0.25) is 0 Å². The number of unbranched alkanes of at least 4 members (excludes halogenated alkanes) is 3. The van der Waals surface area contributed by atoms with Gasteiger partial charge in [0.25, 0.3) is 0 Å². The van der Waals surface area contributed by atoms with Gasteiger partial charge in [0.2, 0.25) is 5.88 Å². The third kappa shape index (κ3) is 7.65. The first-order chi connectivity index (χ1) is 17.1. The summed E-state index contributed by atoms with van der Waals surface area (Å²) in [4.78, 5) is 16.6. The molecule has 0 spiro atoms. The number of aromatic nitrogens is 1. The molecule has 196 valence electrons. The van der Waals surface area contributed by atoms with Gasteiger partial charge < -0.3 is 18.0 Å². The van der Waals surface area contributed by atoms with Gasteiger partial charge in [0, 0.05) is 24.7 Å². The normalized spacial score (nSPS) is 12.3. The van der Waals surface area contributed by atoms with E-state index in [-0.39, 0.29) is 11.1 Å². The fourth-order valence-corrected chi connectivity index (χ4v) is 6.49. The predicted molar refractivity (Wildman–Crippen MR) is 134 cm³/mol. The van der Waals surface area contributed by atoms with Gasteiger partial charge in [-0.1, -0.05) is 31.4 Å². The average molecular weight is 524 g/mol. The van der Waals surface area contributed by atoms with Crippen LogP contribution >= 0.6 is 0 Å². The number of nitrogens with zero attached hydrogens (tertiary/aromatic N) is 1. The second-order valence-corrected chi connectivity index (χ2v) is 11.9. The van der Waals surface area contributed by atoms with Crippen molar-refractivity contribution in [2.45, 2.75) is 58.3 Å². The minimum absolute atomic E-state index is 0.169. The Hall–Kier alpha value is -2.69. The van der Waals surface area contributed by atoms with E-state index in [9.17, 15) is 18.0 Å². The molecule has 0 fully saturated rings. The van der Waals surface area contributed by atoms with E-state index in [1.54, 1.807) is 12.1 Å². The Morgan fingerprint density at radius 1 is 0.972 bits per heavy atom. The Morgan fingerprint density at radius 2 is 1.64 bits per heavy atom. The molecule has 36 heavy (non-hydrogen) atoms. The second kappa shape index (κ2) is 12.5. The quantitative estimate of drug-likeness (QED) is 0.178. The molecule has 0 saturated carbocycles. The van der Waals surface area contributed by atoms with Crippen LogP contribution in [0.4, 0.5) is 13.2 Å². The van der Waals surface area contributed by atoms with Gasteiger partial charge in [-0.15, -0.1) is 0 Å². The summed E-state index contributed by atoms with van der Waals surface area (Å²) in [5.41, 5.74) is -0.644. The number of ether oxygens (including phenoxy) is 1. The summed E-state index contributed by atoms with van der Waals surface area (Å²) in [5.74, 6) is 0.391. The van der Waals surface area contributed by atoms with E-state index in [0.29, 0.717) is 36.7 Å². The van der Waals surface area contributed by atoms with Gasteiger partial charge in [0.1, 0.15) is 0 Å². The molecular formula is C26H32F3NO5Si. The highest BCUT2D eigenvalue weighted by atomic mass is 28.4. The Morgan fingerprint density at radius 3 is 2.28 bits per heavy atom. The van der Waals surface area contributed by atoms with Gasteiger partial charge in [-0.05, 0) is 56.6 Å². The molecule has 3 rings (SSSR count). The minimum Gasteiger partial charge on any atom is -0.478 e. The highest BCUT2D eigenvalue weighted by molar-refractivity contribution is 6.66. The van der Waals surface area contributed by atoms with Crippen molar-refractivity contribution in [3.8, 4) is 17.0 Å². The van der Waals surface area contributed by atoms with Gasteiger partial charge in [-0.25, -0.2) is 9.78 Å². The third-order valence-electron chi connectivity index (χ3n) is 5.79. The second-order valence-electron chi connectivity index (χ2n) is 8.60. The maximum atomic E-state index is 12.8. The Bertz CT molecular complexity index is 1170. The highest BCUT2D eigenvalue weighted by Crippen LogP contribution is 2.31. The Labute approximate surface area is 209 Å². The lowest BCUT2D eigenvalue weighted by Crippen LogP contribution is -2.38. The van der Waals surface area contributed by atoms with Crippen LogP contribution in [0.25, 0.3) is 22.1 Å². The topological polar surface area (TPSA) is 70.8 Å². The molecule has 10 heteroatoms. The van der Waals surface area contributed by atoms with Gasteiger partial charge in [0.15, 0.2) is 5.58 Å². The smallest absolute Gasteiger partial charge is 0.416 e. The summed E-state index contributed by atoms with van der Waals surface area (Å²) in [5, 5.41) is 0.575. The molecule has 0 bridgehead atoms. The van der Waals surface area contributed by atoms with Crippen molar-refractivity contribution >= 4 is 19.5 Å². The summed E-state index contributed by atoms with van der Waals surface area (Å²) in [6.45, 7) is 7.93. The molecule has 0 unspecified atom stereocenters. The fraction of sp³-hybridized carbons (Fsp3) is 0.462. The van der Waals surface area contributed by atoms with Crippen LogP contribution in [0, 0.1) is 0 Å². The maximum Gasteiger partial charge on any atom is 0.416 e. The molecule has 0 aliphatic rings. The first kappa shape index (κ1) is 27.9. The minimum atomic E-state index is -4.44. The molecule has 0 aliphatic carbocycles. The number of benzene rings is 1. The number of fused-ring (bicyclic) bond motifs is 1. The van der Waals surface area contributed by atoms with Crippen molar-refractivity contribution in [2.75, 3.05) is 19.8 Å². The van der Waals surface area contributed by atoms with E-state index in [1.165, 1.54) is 18.3 Å². The Balaban J connectivity index is 1.56. The lowest BCUT2D eigenvalue weighted by molar-refractivity contribution is -0.137. The number of pyridine rings is 1.